The summed E-state index contributed by atoms with van der Waals surface area (Å²) in [5, 5.41) is 16.4. The van der Waals surface area contributed by atoms with Crippen molar-refractivity contribution in [2.45, 2.75) is 12.5 Å². The van der Waals surface area contributed by atoms with Crippen molar-refractivity contribution in [1.29, 1.82) is 0 Å². The van der Waals surface area contributed by atoms with E-state index in [-0.39, 0.29) is 12.6 Å². The maximum absolute atomic E-state index is 8.98. The van der Waals surface area contributed by atoms with E-state index in [1.54, 1.807) is 30.2 Å². The Kier molecular flexibility index (Phi) is 3.89. The van der Waals surface area contributed by atoms with Crippen LogP contribution in [-0.4, -0.2) is 46.1 Å². The molecule has 1 atom stereocenters. The third-order valence-electron chi connectivity index (χ3n) is 2.51. The number of nitrogens with zero attached hydrogens (tertiary/aromatic N) is 3. The van der Waals surface area contributed by atoms with Gasteiger partial charge in [0.05, 0.1) is 18.8 Å². The van der Waals surface area contributed by atoms with E-state index in [0.29, 0.717) is 13.0 Å². The molecule has 6 nitrogen and oxygen atoms in total. The maximum Gasteiger partial charge on any atom is 0.152 e. The number of hydrogen-bond acceptors (Lipinski definition) is 5. The average molecular weight is 236 g/mol. The molecule has 2 aromatic heterocycles. The van der Waals surface area contributed by atoms with Gasteiger partial charge in [-0.05, 0) is 12.5 Å². The van der Waals surface area contributed by atoms with Crippen LogP contribution >= 0.6 is 0 Å². The Morgan fingerprint density at radius 1 is 1.53 bits per heavy atom. The number of anilines is 1. The minimum Gasteiger partial charge on any atom is -0.396 e. The molecular weight excluding hydrogens is 220 g/mol. The van der Waals surface area contributed by atoms with Crippen molar-refractivity contribution in [3.05, 3.63) is 24.7 Å². The Morgan fingerprint density at radius 3 is 3.18 bits per heavy atom. The molecule has 92 valence electrons. The minimum atomic E-state index is 0.0404. The first-order valence-electron chi connectivity index (χ1n) is 5.50. The molecule has 2 heterocycles. The van der Waals surface area contributed by atoms with E-state index in [2.05, 4.69) is 15.4 Å². The molecule has 0 bridgehead atoms. The zero-order valence-electron chi connectivity index (χ0n) is 9.71. The molecular formula is C11H16N4O2. The van der Waals surface area contributed by atoms with Crippen molar-refractivity contribution >= 4 is 11.3 Å². The first-order chi connectivity index (χ1) is 8.35. The quantitative estimate of drug-likeness (QED) is 0.766. The van der Waals surface area contributed by atoms with Crippen molar-refractivity contribution in [1.82, 2.24) is 14.6 Å². The number of nitrogens with one attached hydrogen (secondary N) is 1. The molecule has 6 heteroatoms. The first kappa shape index (κ1) is 11.8. The predicted molar refractivity (Wildman–Crippen MR) is 64.0 cm³/mol. The zero-order chi connectivity index (χ0) is 12.1. The van der Waals surface area contributed by atoms with Crippen LogP contribution in [0.1, 0.15) is 6.42 Å². The highest BCUT2D eigenvalue weighted by atomic mass is 16.5. The van der Waals surface area contributed by atoms with E-state index in [4.69, 9.17) is 9.84 Å². The van der Waals surface area contributed by atoms with Crippen LogP contribution in [-0.2, 0) is 4.74 Å². The number of aliphatic hydroxyl groups excluding tert-OH is 1. The van der Waals surface area contributed by atoms with Crippen LogP contribution in [0.25, 0.3) is 5.52 Å². The number of hydrogen-bond donors (Lipinski definition) is 2. The smallest absolute Gasteiger partial charge is 0.152 e. The van der Waals surface area contributed by atoms with Gasteiger partial charge in [-0.3, -0.25) is 0 Å². The molecule has 2 aromatic rings. The van der Waals surface area contributed by atoms with Crippen LogP contribution in [0.4, 0.5) is 5.82 Å². The SMILES string of the molecule is COCC(CCO)Nc1nccn2nccc12. The Morgan fingerprint density at radius 2 is 2.41 bits per heavy atom. The summed E-state index contributed by atoms with van der Waals surface area (Å²) < 4.78 is 6.85. The zero-order valence-corrected chi connectivity index (χ0v) is 9.71. The van der Waals surface area contributed by atoms with Crippen LogP contribution < -0.4 is 5.32 Å². The van der Waals surface area contributed by atoms with E-state index in [9.17, 15) is 0 Å². The number of ether oxygens (including phenoxy) is 1. The second-order valence-electron chi connectivity index (χ2n) is 3.75. The summed E-state index contributed by atoms with van der Waals surface area (Å²) in [6.45, 7) is 0.640. The number of rotatable bonds is 6. The van der Waals surface area contributed by atoms with E-state index < -0.39 is 0 Å². The molecule has 0 saturated heterocycles. The fourth-order valence-corrected chi connectivity index (χ4v) is 1.72. The molecule has 0 saturated carbocycles. The van der Waals surface area contributed by atoms with Crippen molar-refractivity contribution in [2.24, 2.45) is 0 Å². The molecule has 0 aliphatic carbocycles. The number of fused-ring (bicyclic) bond motifs is 1. The highest BCUT2D eigenvalue weighted by molar-refractivity contribution is 5.67. The van der Waals surface area contributed by atoms with Crippen LogP contribution in [0.5, 0.6) is 0 Å². The normalized spacial score (nSPS) is 12.8. The summed E-state index contributed by atoms with van der Waals surface area (Å²) in [6, 6.07) is 1.93. The maximum atomic E-state index is 8.98. The largest absolute Gasteiger partial charge is 0.396 e. The third kappa shape index (κ3) is 2.72. The van der Waals surface area contributed by atoms with Crippen LogP contribution in [0.3, 0.4) is 0 Å². The molecule has 2 rings (SSSR count). The van der Waals surface area contributed by atoms with Crippen molar-refractivity contribution < 1.29 is 9.84 Å². The van der Waals surface area contributed by atoms with Gasteiger partial charge in [-0.15, -0.1) is 0 Å². The molecule has 0 aliphatic heterocycles. The lowest BCUT2D eigenvalue weighted by Crippen LogP contribution is -2.26. The molecule has 0 aliphatic rings. The molecule has 0 fully saturated rings. The fraction of sp³-hybridized carbons (Fsp3) is 0.455. The van der Waals surface area contributed by atoms with Gasteiger partial charge >= 0.3 is 0 Å². The highest BCUT2D eigenvalue weighted by Crippen LogP contribution is 2.14. The Labute approximate surface area is 99.2 Å². The van der Waals surface area contributed by atoms with Gasteiger partial charge in [0, 0.05) is 26.1 Å². The van der Waals surface area contributed by atoms with Gasteiger partial charge in [0.2, 0.25) is 0 Å². The second-order valence-corrected chi connectivity index (χ2v) is 3.75. The topological polar surface area (TPSA) is 71.7 Å². The van der Waals surface area contributed by atoms with Crippen LogP contribution in [0.15, 0.2) is 24.7 Å². The average Bonchev–Trinajstić information content (AvgIpc) is 2.79. The molecule has 17 heavy (non-hydrogen) atoms. The molecule has 0 spiro atoms. The Hall–Kier alpha value is -1.66. The number of aliphatic hydroxyl groups is 1. The summed E-state index contributed by atoms with van der Waals surface area (Å²) >= 11 is 0. The van der Waals surface area contributed by atoms with Gasteiger partial charge in [-0.1, -0.05) is 0 Å². The predicted octanol–water partition coefficient (Wildman–Crippen LogP) is 0.539. The van der Waals surface area contributed by atoms with Gasteiger partial charge < -0.3 is 15.2 Å². The lowest BCUT2D eigenvalue weighted by Gasteiger charge is -2.17. The Balaban J connectivity index is 2.18. The van der Waals surface area contributed by atoms with Crippen molar-refractivity contribution in [2.75, 3.05) is 25.6 Å². The van der Waals surface area contributed by atoms with Gasteiger partial charge in [-0.2, -0.15) is 5.10 Å². The summed E-state index contributed by atoms with van der Waals surface area (Å²) in [7, 11) is 1.64. The molecule has 0 radical (unpaired) electrons. The van der Waals surface area contributed by atoms with E-state index in [1.807, 2.05) is 6.07 Å². The first-order valence-corrected chi connectivity index (χ1v) is 5.50. The lowest BCUT2D eigenvalue weighted by molar-refractivity contribution is 0.170. The van der Waals surface area contributed by atoms with Gasteiger partial charge in [0.25, 0.3) is 0 Å². The van der Waals surface area contributed by atoms with Crippen molar-refractivity contribution in [3.8, 4) is 0 Å². The number of aromatic nitrogens is 3. The summed E-state index contributed by atoms with van der Waals surface area (Å²) in [5.74, 6) is 0.750. The van der Waals surface area contributed by atoms with Gasteiger partial charge in [-0.25, -0.2) is 9.50 Å². The summed E-state index contributed by atoms with van der Waals surface area (Å²) in [4.78, 5) is 4.27. The second kappa shape index (κ2) is 5.60. The van der Waals surface area contributed by atoms with E-state index in [0.717, 1.165) is 11.3 Å². The number of methoxy groups -OCH3 is 1. The standard InChI is InChI=1S/C11H16N4O2/c1-17-8-9(3-7-16)14-11-10-2-4-13-15(10)6-5-12-11/h2,4-6,9,16H,3,7-8H2,1H3,(H,12,14). The highest BCUT2D eigenvalue weighted by Gasteiger charge is 2.10. The van der Waals surface area contributed by atoms with Crippen LogP contribution in [0.2, 0.25) is 0 Å². The fourth-order valence-electron chi connectivity index (χ4n) is 1.72. The summed E-state index contributed by atoms with van der Waals surface area (Å²) in [5.41, 5.74) is 0.909. The van der Waals surface area contributed by atoms with E-state index >= 15 is 0 Å². The molecule has 0 aromatic carbocycles. The lowest BCUT2D eigenvalue weighted by atomic mass is 10.2. The molecule has 2 N–H and O–H groups in total. The van der Waals surface area contributed by atoms with Gasteiger partial charge in [0.1, 0.15) is 5.52 Å². The van der Waals surface area contributed by atoms with E-state index in [1.165, 1.54) is 0 Å². The van der Waals surface area contributed by atoms with Gasteiger partial charge in [0.15, 0.2) is 5.82 Å². The minimum absolute atomic E-state index is 0.0404. The Bertz CT molecular complexity index is 465. The molecule has 1 unspecified atom stereocenters. The summed E-state index contributed by atoms with van der Waals surface area (Å²) in [6.07, 6.45) is 5.81. The molecule has 0 amide bonds. The third-order valence-corrected chi connectivity index (χ3v) is 2.51. The van der Waals surface area contributed by atoms with Crippen molar-refractivity contribution in [3.63, 3.8) is 0 Å². The van der Waals surface area contributed by atoms with Crippen LogP contribution in [0, 0.1) is 0 Å². The monoisotopic (exact) mass is 236 g/mol.